The van der Waals surface area contributed by atoms with Crippen LogP contribution in [0.1, 0.15) is 36.2 Å². The van der Waals surface area contributed by atoms with Gasteiger partial charge >= 0.3 is 0 Å². The Balaban J connectivity index is 1.54. The number of hydrogen-bond donors (Lipinski definition) is 0. The van der Waals surface area contributed by atoms with E-state index >= 15 is 0 Å². The van der Waals surface area contributed by atoms with Crippen molar-refractivity contribution >= 4 is 28.9 Å². The molecule has 182 valence electrons. The zero-order chi connectivity index (χ0) is 23.9. The molecule has 1 fully saturated rings. The summed E-state index contributed by atoms with van der Waals surface area (Å²) in [6.45, 7) is 6.16. The first-order chi connectivity index (χ1) is 16.6. The van der Waals surface area contributed by atoms with Gasteiger partial charge in [-0.25, -0.2) is 5.01 Å². The lowest BCUT2D eigenvalue weighted by molar-refractivity contribution is -0.141. The second-order valence-corrected chi connectivity index (χ2v) is 9.29. The fourth-order valence-electron chi connectivity index (χ4n) is 4.35. The maximum Gasteiger partial charge on any atom is 0.262 e. The number of hydrazone groups is 1. The van der Waals surface area contributed by atoms with Gasteiger partial charge in [-0.15, -0.1) is 11.3 Å². The molecule has 2 aliphatic heterocycles. The number of hydrogen-bond acceptors (Lipinski definition) is 7. The molecule has 1 aromatic carbocycles. The quantitative estimate of drug-likeness (QED) is 0.547. The van der Waals surface area contributed by atoms with Crippen molar-refractivity contribution < 1.29 is 19.1 Å². The topological polar surface area (TPSA) is 74.7 Å². The van der Waals surface area contributed by atoms with Crippen LogP contribution in [0.25, 0.3) is 0 Å². The van der Waals surface area contributed by atoms with Gasteiger partial charge in [-0.05, 0) is 17.5 Å². The first kappa shape index (κ1) is 24.4. The van der Waals surface area contributed by atoms with Crippen molar-refractivity contribution in [3.63, 3.8) is 0 Å². The number of thiophene rings is 1. The van der Waals surface area contributed by atoms with Gasteiger partial charge < -0.3 is 14.4 Å². The van der Waals surface area contributed by atoms with Gasteiger partial charge in [0, 0.05) is 44.6 Å². The number of rotatable bonds is 9. The molecule has 8 nitrogen and oxygen atoms in total. The molecule has 1 atom stereocenters. The Labute approximate surface area is 204 Å². The number of ether oxygens (including phenoxy) is 2. The molecule has 0 saturated carbocycles. The molecule has 1 aromatic heterocycles. The first-order valence-electron chi connectivity index (χ1n) is 11.7. The van der Waals surface area contributed by atoms with Gasteiger partial charge in [-0.1, -0.05) is 31.2 Å². The molecule has 34 heavy (non-hydrogen) atoms. The van der Waals surface area contributed by atoms with Crippen LogP contribution < -0.4 is 4.74 Å². The van der Waals surface area contributed by atoms with E-state index in [1.807, 2.05) is 48.7 Å². The van der Waals surface area contributed by atoms with E-state index < -0.39 is 0 Å². The maximum absolute atomic E-state index is 13.6. The smallest absolute Gasteiger partial charge is 0.262 e. The average molecular weight is 485 g/mol. The van der Waals surface area contributed by atoms with Crippen LogP contribution in [-0.2, 0) is 14.3 Å². The van der Waals surface area contributed by atoms with Crippen molar-refractivity contribution in [2.24, 2.45) is 5.10 Å². The van der Waals surface area contributed by atoms with E-state index in [0.717, 1.165) is 41.5 Å². The highest BCUT2D eigenvalue weighted by molar-refractivity contribution is 7.12. The average Bonchev–Trinajstić information content (AvgIpc) is 3.57. The zero-order valence-corrected chi connectivity index (χ0v) is 20.6. The second kappa shape index (κ2) is 11.6. The minimum atomic E-state index is -0.279. The van der Waals surface area contributed by atoms with Gasteiger partial charge in [0.15, 0.2) is 0 Å². The lowest BCUT2D eigenvalue weighted by Crippen LogP contribution is -2.46. The van der Waals surface area contributed by atoms with Crippen LogP contribution in [0.2, 0.25) is 0 Å². The number of benzene rings is 1. The molecule has 1 saturated heterocycles. The molecule has 4 rings (SSSR count). The Kier molecular flexibility index (Phi) is 8.31. The lowest BCUT2D eigenvalue weighted by Gasteiger charge is -2.31. The molecular formula is C25H32N4O4S. The highest BCUT2D eigenvalue weighted by Gasteiger charge is 2.36. The summed E-state index contributed by atoms with van der Waals surface area (Å²) < 4.78 is 11.0. The maximum atomic E-state index is 13.6. The third-order valence-electron chi connectivity index (χ3n) is 6.24. The fourth-order valence-corrected chi connectivity index (χ4v) is 5.08. The molecular weight excluding hydrogens is 452 g/mol. The predicted octanol–water partition coefficient (Wildman–Crippen LogP) is 3.01. The van der Waals surface area contributed by atoms with E-state index in [1.54, 1.807) is 28.4 Å². The third-order valence-corrected chi connectivity index (χ3v) is 7.16. The van der Waals surface area contributed by atoms with E-state index in [9.17, 15) is 9.59 Å². The van der Waals surface area contributed by atoms with E-state index in [4.69, 9.17) is 14.6 Å². The second-order valence-electron chi connectivity index (χ2n) is 8.35. The van der Waals surface area contributed by atoms with Crippen LogP contribution in [0.3, 0.4) is 0 Å². The summed E-state index contributed by atoms with van der Waals surface area (Å²) >= 11 is 1.61. The van der Waals surface area contributed by atoms with Crippen molar-refractivity contribution in [1.29, 1.82) is 0 Å². The Morgan fingerprint density at radius 3 is 2.71 bits per heavy atom. The first-order valence-corrected chi connectivity index (χ1v) is 12.6. The summed E-state index contributed by atoms with van der Waals surface area (Å²) in [4.78, 5) is 31.3. The van der Waals surface area contributed by atoms with Crippen LogP contribution in [0.5, 0.6) is 5.75 Å². The lowest BCUT2D eigenvalue weighted by atomic mass is 10.00. The summed E-state index contributed by atoms with van der Waals surface area (Å²) in [5.41, 5.74) is 1.79. The van der Waals surface area contributed by atoms with E-state index in [1.165, 1.54) is 0 Å². The fraction of sp³-hybridized carbons (Fsp3) is 0.480. The standard InChI is InChI=1S/C25H32N4O4S/c1-3-24(30)28(11-10-27-12-14-33-15-13-27)18-25(31)29-21(19-7-4-5-8-22(19)32-2)17-20(26-29)23-9-6-16-34-23/h4-9,16,21H,3,10-15,17-18H2,1-2H3/t21-/m0/s1. The summed E-state index contributed by atoms with van der Waals surface area (Å²) in [5.74, 6) is 0.505. The van der Waals surface area contributed by atoms with Crippen molar-refractivity contribution in [2.75, 3.05) is 53.0 Å². The van der Waals surface area contributed by atoms with E-state index in [2.05, 4.69) is 4.90 Å². The Hall–Kier alpha value is -2.75. The zero-order valence-electron chi connectivity index (χ0n) is 19.8. The van der Waals surface area contributed by atoms with Gasteiger partial charge in [0.1, 0.15) is 12.3 Å². The Bertz CT molecular complexity index is 1000. The molecule has 2 amide bonds. The number of carbonyl (C=O) groups excluding carboxylic acids is 2. The molecule has 2 aromatic rings. The van der Waals surface area contributed by atoms with Crippen molar-refractivity contribution in [1.82, 2.24) is 14.8 Å². The molecule has 0 radical (unpaired) electrons. The minimum absolute atomic E-state index is 0.00385. The van der Waals surface area contributed by atoms with Gasteiger partial charge in [0.05, 0.1) is 37.0 Å². The molecule has 2 aliphatic rings. The third kappa shape index (κ3) is 5.65. The number of nitrogens with zero attached hydrogens (tertiary/aromatic N) is 4. The highest BCUT2D eigenvalue weighted by atomic mass is 32.1. The molecule has 0 N–H and O–H groups in total. The molecule has 3 heterocycles. The summed E-state index contributed by atoms with van der Waals surface area (Å²) in [6, 6.07) is 11.5. The Morgan fingerprint density at radius 1 is 1.21 bits per heavy atom. The molecule has 0 aliphatic carbocycles. The van der Waals surface area contributed by atoms with Crippen molar-refractivity contribution in [3.05, 3.63) is 52.2 Å². The minimum Gasteiger partial charge on any atom is -0.496 e. The van der Waals surface area contributed by atoms with Crippen molar-refractivity contribution in [3.8, 4) is 5.75 Å². The van der Waals surface area contributed by atoms with Crippen LogP contribution in [0, 0.1) is 0 Å². The summed E-state index contributed by atoms with van der Waals surface area (Å²) in [7, 11) is 1.63. The van der Waals surface area contributed by atoms with Crippen LogP contribution in [0.4, 0.5) is 0 Å². The van der Waals surface area contributed by atoms with Gasteiger partial charge in [-0.2, -0.15) is 5.10 Å². The van der Waals surface area contributed by atoms with Gasteiger partial charge in [0.25, 0.3) is 5.91 Å². The SMILES string of the molecule is CCC(=O)N(CCN1CCOCC1)CC(=O)N1N=C(c2cccs2)C[C@H]1c1ccccc1OC. The van der Waals surface area contributed by atoms with Crippen LogP contribution >= 0.6 is 11.3 Å². The van der Waals surface area contributed by atoms with E-state index in [0.29, 0.717) is 32.6 Å². The highest BCUT2D eigenvalue weighted by Crippen LogP contribution is 2.38. The van der Waals surface area contributed by atoms with Crippen LogP contribution in [-0.4, -0.2) is 85.4 Å². The number of amides is 2. The molecule has 0 bridgehead atoms. The summed E-state index contributed by atoms with van der Waals surface area (Å²) in [6.07, 6.45) is 0.957. The van der Waals surface area contributed by atoms with Crippen molar-refractivity contribution in [2.45, 2.75) is 25.8 Å². The van der Waals surface area contributed by atoms with Crippen LogP contribution in [0.15, 0.2) is 46.9 Å². The number of methoxy groups -OCH3 is 1. The monoisotopic (exact) mass is 484 g/mol. The predicted molar refractivity (Wildman–Crippen MR) is 132 cm³/mol. The van der Waals surface area contributed by atoms with Gasteiger partial charge in [-0.3, -0.25) is 14.5 Å². The molecule has 0 spiro atoms. The number of carbonyl (C=O) groups is 2. The number of para-hydroxylation sites is 1. The number of morpholine rings is 1. The Morgan fingerprint density at radius 2 is 2.00 bits per heavy atom. The normalized spacial score (nSPS) is 18.6. The largest absolute Gasteiger partial charge is 0.496 e. The molecule has 0 unspecified atom stereocenters. The van der Waals surface area contributed by atoms with Gasteiger partial charge in [0.2, 0.25) is 5.91 Å². The summed E-state index contributed by atoms with van der Waals surface area (Å²) in [5, 5.41) is 8.30. The molecule has 9 heteroatoms. The van der Waals surface area contributed by atoms with E-state index in [-0.39, 0.29) is 24.4 Å².